The summed E-state index contributed by atoms with van der Waals surface area (Å²) < 4.78 is 0. The standard InChI is InChI=1S/C17H22N2O2/c1-11-8-12(2)10-14(9-11)19-15(20)17(18-16(19)21)7-5-4-6-13(17)3/h8-10,13H,4-7H2,1-3H3,(H,18,21). The fourth-order valence-electron chi connectivity index (χ4n) is 3.76. The van der Waals surface area contributed by atoms with Crippen LogP contribution >= 0.6 is 0 Å². The maximum absolute atomic E-state index is 13.0. The molecule has 4 nitrogen and oxygen atoms in total. The SMILES string of the molecule is Cc1cc(C)cc(N2C(=O)NC3(CCCCC3C)C2=O)c1. The van der Waals surface area contributed by atoms with Crippen molar-refractivity contribution in [2.45, 2.75) is 52.0 Å². The number of hydrogen-bond acceptors (Lipinski definition) is 2. The van der Waals surface area contributed by atoms with Gasteiger partial charge in [0.1, 0.15) is 5.54 Å². The van der Waals surface area contributed by atoms with E-state index in [1.165, 1.54) is 4.90 Å². The van der Waals surface area contributed by atoms with Gasteiger partial charge in [0.05, 0.1) is 5.69 Å². The lowest BCUT2D eigenvalue weighted by molar-refractivity contribution is -0.125. The molecule has 4 heteroatoms. The second-order valence-electron chi connectivity index (χ2n) is 6.53. The summed E-state index contributed by atoms with van der Waals surface area (Å²) in [4.78, 5) is 26.7. The Labute approximate surface area is 125 Å². The van der Waals surface area contributed by atoms with Crippen molar-refractivity contribution in [1.29, 1.82) is 0 Å². The first-order chi connectivity index (χ1) is 9.94. The quantitative estimate of drug-likeness (QED) is 0.805. The highest BCUT2D eigenvalue weighted by molar-refractivity contribution is 6.23. The summed E-state index contributed by atoms with van der Waals surface area (Å²) in [5.41, 5.74) is 2.11. The largest absolute Gasteiger partial charge is 0.329 e. The molecular formula is C17H22N2O2. The molecule has 1 spiro atoms. The molecule has 21 heavy (non-hydrogen) atoms. The fraction of sp³-hybridized carbons (Fsp3) is 0.529. The number of carbonyl (C=O) groups is 2. The Morgan fingerprint density at radius 1 is 1.14 bits per heavy atom. The molecule has 1 N–H and O–H groups in total. The molecule has 3 rings (SSSR count). The van der Waals surface area contributed by atoms with Crippen LogP contribution in [-0.4, -0.2) is 17.5 Å². The van der Waals surface area contributed by atoms with Crippen LogP contribution in [0.15, 0.2) is 18.2 Å². The minimum atomic E-state index is -0.688. The van der Waals surface area contributed by atoms with Gasteiger partial charge in [0, 0.05) is 0 Å². The van der Waals surface area contributed by atoms with Gasteiger partial charge in [-0.3, -0.25) is 4.79 Å². The minimum absolute atomic E-state index is 0.0790. The Bertz CT molecular complexity index is 591. The van der Waals surface area contributed by atoms with Crippen molar-refractivity contribution in [3.8, 4) is 0 Å². The van der Waals surface area contributed by atoms with Crippen LogP contribution in [0.5, 0.6) is 0 Å². The molecule has 1 saturated heterocycles. The van der Waals surface area contributed by atoms with E-state index in [1.807, 2.05) is 32.0 Å². The van der Waals surface area contributed by atoms with E-state index < -0.39 is 5.54 Å². The van der Waals surface area contributed by atoms with Crippen LogP contribution in [0.1, 0.15) is 43.7 Å². The van der Waals surface area contributed by atoms with Crippen LogP contribution in [0.4, 0.5) is 10.5 Å². The highest BCUT2D eigenvalue weighted by Gasteiger charge is 2.55. The van der Waals surface area contributed by atoms with Crippen molar-refractivity contribution in [2.75, 3.05) is 4.90 Å². The van der Waals surface area contributed by atoms with Crippen molar-refractivity contribution >= 4 is 17.6 Å². The van der Waals surface area contributed by atoms with Gasteiger partial charge in [-0.15, -0.1) is 0 Å². The summed E-state index contributed by atoms with van der Waals surface area (Å²) in [6, 6.07) is 5.56. The van der Waals surface area contributed by atoms with E-state index in [0.29, 0.717) is 5.69 Å². The molecule has 1 aromatic carbocycles. The molecule has 1 aliphatic carbocycles. The number of benzene rings is 1. The van der Waals surface area contributed by atoms with Gasteiger partial charge in [0.2, 0.25) is 0 Å². The van der Waals surface area contributed by atoms with Crippen molar-refractivity contribution in [1.82, 2.24) is 5.32 Å². The van der Waals surface area contributed by atoms with E-state index in [-0.39, 0.29) is 17.9 Å². The molecule has 0 radical (unpaired) electrons. The second-order valence-corrected chi connectivity index (χ2v) is 6.53. The lowest BCUT2D eigenvalue weighted by Gasteiger charge is -2.36. The molecule has 3 amide bonds. The fourth-order valence-corrected chi connectivity index (χ4v) is 3.76. The summed E-state index contributed by atoms with van der Waals surface area (Å²) >= 11 is 0. The molecule has 1 aliphatic heterocycles. The van der Waals surface area contributed by atoms with Gasteiger partial charge >= 0.3 is 6.03 Å². The van der Waals surface area contributed by atoms with Crippen molar-refractivity contribution in [3.05, 3.63) is 29.3 Å². The zero-order chi connectivity index (χ0) is 15.2. The second kappa shape index (κ2) is 4.86. The highest BCUT2D eigenvalue weighted by atomic mass is 16.2. The number of amides is 3. The van der Waals surface area contributed by atoms with Gasteiger partial charge in [-0.2, -0.15) is 0 Å². The molecule has 0 bridgehead atoms. The number of nitrogens with one attached hydrogen (secondary N) is 1. The molecule has 2 aliphatic rings. The van der Waals surface area contributed by atoms with E-state index >= 15 is 0 Å². The maximum atomic E-state index is 13.0. The zero-order valence-corrected chi connectivity index (χ0v) is 12.9. The number of nitrogens with zero attached hydrogens (tertiary/aromatic N) is 1. The Morgan fingerprint density at radius 2 is 1.81 bits per heavy atom. The van der Waals surface area contributed by atoms with E-state index in [9.17, 15) is 9.59 Å². The monoisotopic (exact) mass is 286 g/mol. The minimum Gasteiger partial charge on any atom is -0.322 e. The molecule has 0 aromatic heterocycles. The lowest BCUT2D eigenvalue weighted by atomic mass is 9.73. The number of imide groups is 1. The first-order valence-electron chi connectivity index (χ1n) is 7.69. The zero-order valence-electron chi connectivity index (χ0n) is 12.9. The van der Waals surface area contributed by atoms with E-state index in [0.717, 1.165) is 36.8 Å². The lowest BCUT2D eigenvalue weighted by Crippen LogP contribution is -2.53. The number of rotatable bonds is 1. The number of hydrogen-bond donors (Lipinski definition) is 1. The third kappa shape index (κ3) is 2.13. The molecule has 1 saturated carbocycles. The molecule has 1 heterocycles. The summed E-state index contributed by atoms with van der Waals surface area (Å²) in [5.74, 6) is 0.114. The first-order valence-corrected chi connectivity index (χ1v) is 7.69. The molecule has 2 fully saturated rings. The topological polar surface area (TPSA) is 49.4 Å². The van der Waals surface area contributed by atoms with Gasteiger partial charge in [0.15, 0.2) is 0 Å². The summed E-state index contributed by atoms with van der Waals surface area (Å²) in [6.45, 7) is 6.03. The third-order valence-corrected chi connectivity index (χ3v) is 4.88. The molecule has 1 aromatic rings. The Hall–Kier alpha value is -1.84. The Balaban J connectivity index is 2.01. The van der Waals surface area contributed by atoms with Crippen LogP contribution in [-0.2, 0) is 4.79 Å². The van der Waals surface area contributed by atoms with Crippen LogP contribution in [0.25, 0.3) is 0 Å². The molecular weight excluding hydrogens is 264 g/mol. The van der Waals surface area contributed by atoms with Crippen LogP contribution in [0.2, 0.25) is 0 Å². The smallest absolute Gasteiger partial charge is 0.322 e. The maximum Gasteiger partial charge on any atom is 0.329 e. The molecule has 2 atom stereocenters. The average molecular weight is 286 g/mol. The van der Waals surface area contributed by atoms with Gasteiger partial charge in [-0.25, -0.2) is 9.69 Å². The highest BCUT2D eigenvalue weighted by Crippen LogP contribution is 2.39. The van der Waals surface area contributed by atoms with E-state index in [4.69, 9.17) is 0 Å². The van der Waals surface area contributed by atoms with Crippen molar-refractivity contribution < 1.29 is 9.59 Å². The average Bonchev–Trinajstić information content (AvgIpc) is 2.64. The normalized spacial score (nSPS) is 29.1. The number of anilines is 1. The predicted octanol–water partition coefficient (Wildman–Crippen LogP) is 3.31. The number of aryl methyl sites for hydroxylation is 2. The molecule has 2 unspecified atom stereocenters. The van der Waals surface area contributed by atoms with Crippen LogP contribution in [0.3, 0.4) is 0 Å². The van der Waals surface area contributed by atoms with E-state index in [1.54, 1.807) is 0 Å². The van der Waals surface area contributed by atoms with Crippen LogP contribution < -0.4 is 10.2 Å². The summed E-state index contributed by atoms with van der Waals surface area (Å²) in [5, 5.41) is 2.99. The third-order valence-electron chi connectivity index (χ3n) is 4.88. The van der Waals surface area contributed by atoms with Crippen molar-refractivity contribution in [2.24, 2.45) is 5.92 Å². The first kappa shape index (κ1) is 14.1. The predicted molar refractivity (Wildman–Crippen MR) is 82.3 cm³/mol. The van der Waals surface area contributed by atoms with Gasteiger partial charge in [-0.1, -0.05) is 25.8 Å². The molecule has 112 valence electrons. The number of carbonyl (C=O) groups excluding carboxylic acids is 2. The Morgan fingerprint density at radius 3 is 2.43 bits per heavy atom. The number of urea groups is 1. The van der Waals surface area contributed by atoms with Gasteiger partial charge in [-0.05, 0) is 55.9 Å². The van der Waals surface area contributed by atoms with Crippen LogP contribution in [0, 0.1) is 19.8 Å². The van der Waals surface area contributed by atoms with E-state index in [2.05, 4.69) is 12.2 Å². The van der Waals surface area contributed by atoms with Gasteiger partial charge < -0.3 is 5.32 Å². The summed E-state index contributed by atoms with van der Waals surface area (Å²) in [6.07, 6.45) is 3.87. The van der Waals surface area contributed by atoms with Gasteiger partial charge in [0.25, 0.3) is 5.91 Å². The summed E-state index contributed by atoms with van der Waals surface area (Å²) in [7, 11) is 0. The van der Waals surface area contributed by atoms with Crippen molar-refractivity contribution in [3.63, 3.8) is 0 Å². The Kier molecular flexibility index (Phi) is 3.27.